The molecule has 0 bridgehead atoms. The van der Waals surface area contributed by atoms with Crippen LogP contribution in [0.4, 0.5) is 18.9 Å². The lowest BCUT2D eigenvalue weighted by atomic mass is 10.1. The second kappa shape index (κ2) is 5.57. The van der Waals surface area contributed by atoms with Crippen LogP contribution in [0.15, 0.2) is 30.7 Å². The first-order valence-corrected chi connectivity index (χ1v) is 5.84. The molecular weight excluding hydrogens is 311 g/mol. The van der Waals surface area contributed by atoms with Gasteiger partial charge in [0.05, 0.1) is 22.5 Å². The Hall–Kier alpha value is -2.35. The van der Waals surface area contributed by atoms with Crippen LogP contribution in [0.25, 0.3) is 0 Å². The highest BCUT2D eigenvalue weighted by Crippen LogP contribution is 2.39. The van der Waals surface area contributed by atoms with Crippen LogP contribution in [0.1, 0.15) is 16.1 Å². The molecule has 0 fully saturated rings. The van der Waals surface area contributed by atoms with Crippen LogP contribution in [0, 0.1) is 0 Å². The highest BCUT2D eigenvalue weighted by molar-refractivity contribution is 6.31. The number of aromatic nitrogens is 2. The maximum absolute atomic E-state index is 12.7. The fourth-order valence-corrected chi connectivity index (χ4v) is 1.75. The van der Waals surface area contributed by atoms with Gasteiger partial charge in [0.25, 0.3) is 5.91 Å². The first-order valence-electron chi connectivity index (χ1n) is 5.46. The van der Waals surface area contributed by atoms with E-state index in [-0.39, 0.29) is 5.69 Å². The Morgan fingerprint density at radius 1 is 1.29 bits per heavy atom. The van der Waals surface area contributed by atoms with E-state index in [4.69, 9.17) is 11.6 Å². The van der Waals surface area contributed by atoms with Gasteiger partial charge in [-0.25, -0.2) is 4.98 Å². The van der Waals surface area contributed by atoms with Gasteiger partial charge in [0, 0.05) is 18.5 Å². The van der Waals surface area contributed by atoms with E-state index in [1.54, 1.807) is 0 Å². The van der Waals surface area contributed by atoms with Gasteiger partial charge in [-0.1, -0.05) is 11.6 Å². The van der Waals surface area contributed by atoms with Gasteiger partial charge in [-0.15, -0.1) is 0 Å². The smallest absolute Gasteiger partial charge is 0.417 e. The van der Waals surface area contributed by atoms with Crippen LogP contribution in [0.2, 0.25) is 5.02 Å². The van der Waals surface area contributed by atoms with E-state index in [1.165, 1.54) is 12.4 Å². The number of nitrogens with one attached hydrogen (secondary N) is 1. The lowest BCUT2D eigenvalue weighted by molar-refractivity contribution is -0.137. The van der Waals surface area contributed by atoms with Crippen molar-refractivity contribution in [3.63, 3.8) is 0 Å². The normalized spacial score (nSPS) is 11.2. The van der Waals surface area contributed by atoms with Gasteiger partial charge < -0.3 is 10.4 Å². The highest BCUT2D eigenvalue weighted by Gasteiger charge is 2.34. The van der Waals surface area contributed by atoms with Crippen molar-refractivity contribution in [2.75, 3.05) is 5.32 Å². The van der Waals surface area contributed by atoms with Crippen molar-refractivity contribution < 1.29 is 23.1 Å². The van der Waals surface area contributed by atoms with E-state index in [1.807, 2.05) is 0 Å². The van der Waals surface area contributed by atoms with E-state index in [9.17, 15) is 23.1 Å². The lowest BCUT2D eigenvalue weighted by Crippen LogP contribution is -2.15. The maximum Gasteiger partial charge on any atom is 0.417 e. The minimum absolute atomic E-state index is 0.111. The third-order valence-corrected chi connectivity index (χ3v) is 2.75. The molecule has 2 N–H and O–H groups in total. The van der Waals surface area contributed by atoms with Gasteiger partial charge in [-0.05, 0) is 6.07 Å². The third kappa shape index (κ3) is 3.40. The molecule has 1 heterocycles. The summed E-state index contributed by atoms with van der Waals surface area (Å²) >= 11 is 5.42. The molecule has 2 rings (SSSR count). The van der Waals surface area contributed by atoms with Crippen molar-refractivity contribution in [3.8, 4) is 5.75 Å². The van der Waals surface area contributed by atoms with Crippen molar-refractivity contribution in [2.24, 2.45) is 0 Å². The molecule has 5 nitrogen and oxygen atoms in total. The molecule has 0 aliphatic carbocycles. The average Bonchev–Trinajstić information content (AvgIpc) is 2.41. The van der Waals surface area contributed by atoms with Gasteiger partial charge in [0.1, 0.15) is 11.4 Å². The van der Waals surface area contributed by atoms with Crippen LogP contribution in [-0.4, -0.2) is 21.0 Å². The van der Waals surface area contributed by atoms with Gasteiger partial charge in [-0.3, -0.25) is 9.78 Å². The minimum Gasteiger partial charge on any atom is -0.506 e. The minimum atomic E-state index is -4.71. The number of alkyl halides is 3. The van der Waals surface area contributed by atoms with Crippen LogP contribution < -0.4 is 5.32 Å². The van der Waals surface area contributed by atoms with E-state index in [0.29, 0.717) is 12.1 Å². The molecule has 0 saturated carbocycles. The molecule has 0 spiro atoms. The van der Waals surface area contributed by atoms with Crippen LogP contribution in [0.5, 0.6) is 5.75 Å². The fourth-order valence-electron chi connectivity index (χ4n) is 1.48. The van der Waals surface area contributed by atoms with Crippen LogP contribution in [-0.2, 0) is 6.18 Å². The van der Waals surface area contributed by atoms with Crippen LogP contribution >= 0.6 is 11.6 Å². The number of amides is 1. The number of rotatable bonds is 2. The largest absolute Gasteiger partial charge is 0.506 e. The Kier molecular flexibility index (Phi) is 3.99. The topological polar surface area (TPSA) is 75.1 Å². The molecule has 0 atom stereocenters. The number of aromatic hydroxyl groups is 1. The molecule has 1 amide bonds. The number of hydrogen-bond donors (Lipinski definition) is 2. The summed E-state index contributed by atoms with van der Waals surface area (Å²) < 4.78 is 38.2. The van der Waals surface area contributed by atoms with Crippen LogP contribution in [0.3, 0.4) is 0 Å². The number of phenols is 1. The lowest BCUT2D eigenvalue weighted by Gasteiger charge is -2.13. The molecule has 0 unspecified atom stereocenters. The molecule has 110 valence electrons. The summed E-state index contributed by atoms with van der Waals surface area (Å²) in [6, 6.07) is 1.25. The Balaban J connectivity index is 2.35. The molecule has 0 saturated heterocycles. The zero-order chi connectivity index (χ0) is 15.6. The number of hydrogen-bond acceptors (Lipinski definition) is 4. The SMILES string of the molecule is O=C(Nc1cc(C(F)(F)F)c(Cl)cc1O)c1cnccn1. The predicted octanol–water partition coefficient (Wildman–Crippen LogP) is 3.11. The number of halogens is 4. The zero-order valence-corrected chi connectivity index (χ0v) is 10.9. The van der Waals surface area contributed by atoms with E-state index < -0.39 is 34.1 Å². The van der Waals surface area contributed by atoms with Crippen molar-refractivity contribution >= 4 is 23.2 Å². The second-order valence-corrected chi connectivity index (χ2v) is 4.30. The number of nitrogens with zero attached hydrogens (tertiary/aromatic N) is 2. The highest BCUT2D eigenvalue weighted by atomic mass is 35.5. The number of carbonyl (C=O) groups is 1. The Morgan fingerprint density at radius 2 is 2.00 bits per heavy atom. The average molecular weight is 318 g/mol. The third-order valence-electron chi connectivity index (χ3n) is 2.43. The maximum atomic E-state index is 12.7. The van der Waals surface area contributed by atoms with E-state index >= 15 is 0 Å². The zero-order valence-electron chi connectivity index (χ0n) is 10.1. The monoisotopic (exact) mass is 317 g/mol. The molecule has 0 aliphatic heterocycles. The standard InChI is InChI=1S/C12H7ClF3N3O2/c13-7-4-10(20)8(3-6(7)12(14,15)16)19-11(21)9-5-17-1-2-18-9/h1-5,20H,(H,19,21). The Bertz CT molecular complexity index is 677. The predicted molar refractivity (Wildman–Crippen MR) is 68.1 cm³/mol. The van der Waals surface area contributed by atoms with Crippen molar-refractivity contribution in [1.29, 1.82) is 0 Å². The summed E-state index contributed by atoms with van der Waals surface area (Å²) in [5, 5.41) is 11.0. The van der Waals surface area contributed by atoms with Gasteiger partial charge in [-0.2, -0.15) is 13.2 Å². The van der Waals surface area contributed by atoms with E-state index in [0.717, 1.165) is 6.20 Å². The molecule has 0 radical (unpaired) electrons. The number of carbonyl (C=O) groups excluding carboxylic acids is 1. The van der Waals surface area contributed by atoms with Crippen molar-refractivity contribution in [2.45, 2.75) is 6.18 Å². The van der Waals surface area contributed by atoms with Gasteiger partial charge >= 0.3 is 6.18 Å². The number of benzene rings is 1. The molecule has 9 heteroatoms. The number of phenolic OH excluding ortho intramolecular Hbond substituents is 1. The molecule has 1 aromatic carbocycles. The summed E-state index contributed by atoms with van der Waals surface area (Å²) in [6.07, 6.45) is -1.00. The first-order chi connectivity index (χ1) is 9.79. The summed E-state index contributed by atoms with van der Waals surface area (Å²) in [6.45, 7) is 0. The second-order valence-electron chi connectivity index (χ2n) is 3.89. The fraction of sp³-hybridized carbons (Fsp3) is 0.0833. The van der Waals surface area contributed by atoms with Gasteiger partial charge in [0.15, 0.2) is 0 Å². The van der Waals surface area contributed by atoms with Gasteiger partial charge in [0.2, 0.25) is 0 Å². The molecule has 21 heavy (non-hydrogen) atoms. The summed E-state index contributed by atoms with van der Waals surface area (Å²) in [5.74, 6) is -1.40. The number of anilines is 1. The van der Waals surface area contributed by atoms with Crippen molar-refractivity contribution in [3.05, 3.63) is 47.0 Å². The molecule has 1 aromatic heterocycles. The van der Waals surface area contributed by atoms with Crippen molar-refractivity contribution in [1.82, 2.24) is 9.97 Å². The first kappa shape index (κ1) is 15.0. The summed E-state index contributed by atoms with van der Waals surface area (Å²) in [4.78, 5) is 19.1. The van der Waals surface area contributed by atoms with E-state index in [2.05, 4.69) is 15.3 Å². The summed E-state index contributed by atoms with van der Waals surface area (Å²) in [7, 11) is 0. The molecule has 0 aliphatic rings. The molecule has 2 aromatic rings. The Labute approximate surface area is 121 Å². The Morgan fingerprint density at radius 3 is 2.57 bits per heavy atom. The molecular formula is C12H7ClF3N3O2. The quantitative estimate of drug-likeness (QED) is 0.835. The summed E-state index contributed by atoms with van der Waals surface area (Å²) in [5.41, 5.74) is -1.71.